The molecule has 0 aliphatic heterocycles. The maximum atomic E-state index is 11.8. The molecule has 18 heavy (non-hydrogen) atoms. The second-order valence-corrected chi connectivity index (χ2v) is 4.46. The zero-order valence-electron chi connectivity index (χ0n) is 8.32. The van der Waals surface area contributed by atoms with Gasteiger partial charge in [0, 0.05) is 5.38 Å². The summed E-state index contributed by atoms with van der Waals surface area (Å²) in [5.74, 6) is -3.65. The van der Waals surface area contributed by atoms with E-state index < -0.39 is 24.3 Å². The number of anilines is 1. The molecule has 1 aromatic heterocycles. The van der Waals surface area contributed by atoms with Gasteiger partial charge in [0.25, 0.3) is 5.91 Å². The molecule has 0 saturated heterocycles. The van der Waals surface area contributed by atoms with E-state index in [2.05, 4.69) is 31.0 Å². The fraction of sp³-hybridized carbons (Fsp3) is 0.286. The molecule has 1 amide bonds. The molecule has 0 saturated carbocycles. The van der Waals surface area contributed by atoms with Crippen LogP contribution in [-0.2, 0) is 14.3 Å². The maximum absolute atomic E-state index is 11.8. The highest BCUT2D eigenvalue weighted by molar-refractivity contribution is 9.10. The molecule has 0 bridgehead atoms. The molecule has 0 aliphatic rings. The van der Waals surface area contributed by atoms with Crippen LogP contribution in [0, 0.1) is 0 Å². The Morgan fingerprint density at radius 1 is 1.56 bits per heavy atom. The first kappa shape index (κ1) is 14.9. The zero-order valence-corrected chi connectivity index (χ0v) is 10.7. The highest BCUT2D eigenvalue weighted by Gasteiger charge is 2.42. The lowest BCUT2D eigenvalue weighted by atomic mass is 10.5. The zero-order chi connectivity index (χ0) is 13.9. The molecule has 1 rings (SSSR count). The topological polar surface area (TPSA) is 94.3 Å². The number of carbonyl (C=O) groups is 2. The predicted molar refractivity (Wildman–Crippen MR) is 58.6 cm³/mol. The first-order valence-electron chi connectivity index (χ1n) is 4.15. The van der Waals surface area contributed by atoms with Crippen LogP contribution in [0.5, 0.6) is 0 Å². The molecule has 1 heterocycles. The van der Waals surface area contributed by atoms with Crippen molar-refractivity contribution in [3.05, 3.63) is 9.98 Å². The number of alkyl halides is 3. The molecule has 0 radical (unpaired) electrons. The van der Waals surface area contributed by atoms with E-state index in [1.54, 1.807) is 0 Å². The van der Waals surface area contributed by atoms with Crippen LogP contribution in [0.3, 0.4) is 0 Å². The SMILES string of the molecule is NC(OC(=O)C(F)(F)F)C(=O)Nc1nc(Br)cs1. The van der Waals surface area contributed by atoms with Crippen molar-refractivity contribution >= 4 is 44.3 Å². The van der Waals surface area contributed by atoms with Crippen LogP contribution in [0.4, 0.5) is 18.3 Å². The summed E-state index contributed by atoms with van der Waals surface area (Å²) in [7, 11) is 0. The molecule has 0 aromatic carbocycles. The van der Waals surface area contributed by atoms with Crippen molar-refractivity contribution in [2.45, 2.75) is 12.4 Å². The van der Waals surface area contributed by atoms with Gasteiger partial charge < -0.3 is 4.74 Å². The van der Waals surface area contributed by atoms with E-state index in [0.29, 0.717) is 4.60 Å². The molecule has 3 N–H and O–H groups in total. The van der Waals surface area contributed by atoms with Gasteiger partial charge in [-0.2, -0.15) is 13.2 Å². The Labute approximate surface area is 110 Å². The first-order valence-corrected chi connectivity index (χ1v) is 5.82. The van der Waals surface area contributed by atoms with Crippen molar-refractivity contribution in [3.8, 4) is 0 Å². The first-order chi connectivity index (χ1) is 8.20. The highest BCUT2D eigenvalue weighted by atomic mass is 79.9. The van der Waals surface area contributed by atoms with Gasteiger partial charge in [-0.3, -0.25) is 15.8 Å². The molecule has 1 atom stereocenters. The maximum Gasteiger partial charge on any atom is 0.490 e. The van der Waals surface area contributed by atoms with Gasteiger partial charge in [0.2, 0.25) is 6.23 Å². The number of nitrogens with zero attached hydrogens (tertiary/aromatic N) is 1. The summed E-state index contributed by atoms with van der Waals surface area (Å²) in [4.78, 5) is 25.4. The van der Waals surface area contributed by atoms with Gasteiger partial charge in [-0.25, -0.2) is 9.78 Å². The quantitative estimate of drug-likeness (QED) is 0.633. The highest BCUT2D eigenvalue weighted by Crippen LogP contribution is 2.20. The van der Waals surface area contributed by atoms with Crippen molar-refractivity contribution in [2.24, 2.45) is 5.73 Å². The lowest BCUT2D eigenvalue weighted by Crippen LogP contribution is -2.42. The number of hydrogen-bond donors (Lipinski definition) is 2. The number of nitrogens with two attached hydrogens (primary N) is 1. The Bertz CT molecular complexity index is 464. The summed E-state index contributed by atoms with van der Waals surface area (Å²) < 4.78 is 39.6. The van der Waals surface area contributed by atoms with E-state index >= 15 is 0 Å². The predicted octanol–water partition coefficient (Wildman–Crippen LogP) is 1.23. The average molecular weight is 348 g/mol. The second-order valence-electron chi connectivity index (χ2n) is 2.79. The van der Waals surface area contributed by atoms with E-state index in [0.717, 1.165) is 11.3 Å². The number of nitrogens with one attached hydrogen (secondary N) is 1. The van der Waals surface area contributed by atoms with Crippen LogP contribution < -0.4 is 11.1 Å². The van der Waals surface area contributed by atoms with Crippen molar-refractivity contribution in [2.75, 3.05) is 5.32 Å². The smallest absolute Gasteiger partial charge is 0.430 e. The molecule has 0 aliphatic carbocycles. The summed E-state index contributed by atoms with van der Waals surface area (Å²) in [5, 5.41) is 3.72. The van der Waals surface area contributed by atoms with E-state index in [9.17, 15) is 22.8 Å². The Hall–Kier alpha value is -1.20. The number of hydrogen-bond acceptors (Lipinski definition) is 6. The van der Waals surface area contributed by atoms with Crippen LogP contribution in [0.1, 0.15) is 0 Å². The molecule has 0 fully saturated rings. The lowest BCUT2D eigenvalue weighted by molar-refractivity contribution is -0.204. The van der Waals surface area contributed by atoms with Gasteiger partial charge in [0.05, 0.1) is 0 Å². The number of amides is 1. The molecular weight excluding hydrogens is 343 g/mol. The van der Waals surface area contributed by atoms with E-state index in [-0.39, 0.29) is 5.13 Å². The Balaban J connectivity index is 2.54. The van der Waals surface area contributed by atoms with E-state index in [4.69, 9.17) is 5.73 Å². The van der Waals surface area contributed by atoms with Gasteiger partial charge in [0.15, 0.2) is 5.13 Å². The summed E-state index contributed by atoms with van der Waals surface area (Å²) in [5.41, 5.74) is 4.98. The average Bonchev–Trinajstić information content (AvgIpc) is 2.62. The third-order valence-electron chi connectivity index (χ3n) is 1.43. The van der Waals surface area contributed by atoms with Crippen molar-refractivity contribution in [1.82, 2.24) is 4.98 Å². The molecule has 1 aromatic rings. The molecule has 0 spiro atoms. The minimum absolute atomic E-state index is 0.102. The van der Waals surface area contributed by atoms with E-state index in [1.165, 1.54) is 5.38 Å². The van der Waals surface area contributed by atoms with Crippen molar-refractivity contribution in [3.63, 3.8) is 0 Å². The van der Waals surface area contributed by atoms with Gasteiger partial charge >= 0.3 is 12.1 Å². The minimum atomic E-state index is -5.21. The fourth-order valence-electron chi connectivity index (χ4n) is 0.724. The molecule has 6 nitrogen and oxygen atoms in total. The number of esters is 1. The van der Waals surface area contributed by atoms with Gasteiger partial charge in [0.1, 0.15) is 4.60 Å². The molecule has 11 heteroatoms. The summed E-state index contributed by atoms with van der Waals surface area (Å²) >= 11 is 4.02. The van der Waals surface area contributed by atoms with Crippen LogP contribution in [0.25, 0.3) is 0 Å². The van der Waals surface area contributed by atoms with Crippen LogP contribution in [-0.4, -0.2) is 29.3 Å². The van der Waals surface area contributed by atoms with Gasteiger partial charge in [-0.15, -0.1) is 11.3 Å². The Morgan fingerprint density at radius 3 is 2.61 bits per heavy atom. The Kier molecular flexibility index (Phi) is 4.65. The summed E-state index contributed by atoms with van der Waals surface area (Å²) in [6.45, 7) is 0. The van der Waals surface area contributed by atoms with Crippen molar-refractivity contribution in [1.29, 1.82) is 0 Å². The monoisotopic (exact) mass is 347 g/mol. The van der Waals surface area contributed by atoms with Crippen LogP contribution in [0.15, 0.2) is 9.98 Å². The molecule has 1 unspecified atom stereocenters. The van der Waals surface area contributed by atoms with Gasteiger partial charge in [-0.1, -0.05) is 0 Å². The summed E-state index contributed by atoms with van der Waals surface area (Å²) in [6.07, 6.45) is -7.27. The van der Waals surface area contributed by atoms with Crippen LogP contribution in [0.2, 0.25) is 0 Å². The molecule has 100 valence electrons. The Morgan fingerprint density at radius 2 is 2.17 bits per heavy atom. The largest absolute Gasteiger partial charge is 0.490 e. The number of aromatic nitrogens is 1. The fourth-order valence-corrected chi connectivity index (χ4v) is 1.87. The lowest BCUT2D eigenvalue weighted by Gasteiger charge is -2.13. The summed E-state index contributed by atoms with van der Waals surface area (Å²) in [6, 6.07) is 0. The number of rotatable bonds is 3. The number of halogens is 4. The normalized spacial score (nSPS) is 12.9. The molecular formula is C7H5BrF3N3O3S. The number of thiazole rings is 1. The van der Waals surface area contributed by atoms with Crippen LogP contribution >= 0.6 is 27.3 Å². The third-order valence-corrected chi connectivity index (χ3v) is 2.90. The minimum Gasteiger partial charge on any atom is -0.430 e. The third kappa shape index (κ3) is 4.23. The number of carbonyl (C=O) groups excluding carboxylic acids is 2. The van der Waals surface area contributed by atoms with Gasteiger partial charge in [-0.05, 0) is 15.9 Å². The number of ether oxygens (including phenoxy) is 1. The standard InChI is InChI=1S/C7H5BrF3N3O3S/c8-2-1-18-6(13-2)14-4(15)3(12)17-5(16)7(9,10)11/h1,3H,12H2,(H,13,14,15). The van der Waals surface area contributed by atoms with E-state index in [1.807, 2.05) is 0 Å². The second kappa shape index (κ2) is 5.63. The van der Waals surface area contributed by atoms with Crippen molar-refractivity contribution < 1.29 is 27.5 Å².